The molecule has 0 unspecified atom stereocenters. The largest absolute Gasteiger partial charge is 0.474 e. The molecule has 1 atom stereocenters. The minimum Gasteiger partial charge on any atom is -0.474 e. The highest BCUT2D eigenvalue weighted by Crippen LogP contribution is 2.19. The molecule has 0 aliphatic heterocycles. The molecular formula is C9H17NO2S. The number of hydrogen-bond acceptors (Lipinski definition) is 3. The van der Waals surface area contributed by atoms with E-state index >= 15 is 0 Å². The van der Waals surface area contributed by atoms with Crippen molar-refractivity contribution in [3.8, 4) is 0 Å². The summed E-state index contributed by atoms with van der Waals surface area (Å²) in [7, 11) is 1.48. The zero-order valence-corrected chi connectivity index (χ0v) is 9.62. The molecule has 76 valence electrons. The van der Waals surface area contributed by atoms with E-state index in [1.807, 2.05) is 20.8 Å². The van der Waals surface area contributed by atoms with E-state index in [1.54, 1.807) is 6.92 Å². The van der Waals surface area contributed by atoms with Crippen molar-refractivity contribution >= 4 is 23.2 Å². The zero-order valence-electron chi connectivity index (χ0n) is 8.80. The molecule has 0 radical (unpaired) electrons. The molecular weight excluding hydrogens is 186 g/mol. The maximum Gasteiger partial charge on any atom is 0.256 e. The van der Waals surface area contributed by atoms with E-state index in [1.165, 1.54) is 7.11 Å². The first-order chi connectivity index (χ1) is 5.79. The third kappa shape index (κ3) is 4.22. The van der Waals surface area contributed by atoms with Crippen LogP contribution in [0.1, 0.15) is 27.7 Å². The third-order valence-corrected chi connectivity index (χ3v) is 2.00. The fourth-order valence-electron chi connectivity index (χ4n) is 1.10. The fraction of sp³-hybridized carbons (Fsp3) is 0.778. The number of ether oxygens (including phenoxy) is 1. The lowest BCUT2D eigenvalue weighted by Crippen LogP contribution is -2.48. The van der Waals surface area contributed by atoms with Gasteiger partial charge < -0.3 is 10.1 Å². The molecule has 13 heavy (non-hydrogen) atoms. The van der Waals surface area contributed by atoms with Crippen LogP contribution in [0.15, 0.2) is 0 Å². The number of thiocarbonyl (C=S) groups is 1. The molecule has 0 rings (SSSR count). The van der Waals surface area contributed by atoms with Gasteiger partial charge in [0.15, 0.2) is 5.78 Å². The summed E-state index contributed by atoms with van der Waals surface area (Å²) in [6.45, 7) is 7.47. The Morgan fingerprint density at radius 2 is 1.92 bits per heavy atom. The molecule has 0 aliphatic carbocycles. The van der Waals surface area contributed by atoms with E-state index < -0.39 is 0 Å². The summed E-state index contributed by atoms with van der Waals surface area (Å²) in [6.07, 6.45) is 0. The Bertz CT molecular complexity index is 208. The summed E-state index contributed by atoms with van der Waals surface area (Å²) in [4.78, 5) is 11.3. The van der Waals surface area contributed by atoms with Crippen LogP contribution in [0.3, 0.4) is 0 Å². The van der Waals surface area contributed by atoms with Crippen molar-refractivity contribution in [3.05, 3.63) is 0 Å². The summed E-state index contributed by atoms with van der Waals surface area (Å²) < 4.78 is 4.79. The molecule has 3 nitrogen and oxygen atoms in total. The zero-order chi connectivity index (χ0) is 10.6. The van der Waals surface area contributed by atoms with Gasteiger partial charge in [-0.2, -0.15) is 0 Å². The number of ketones is 1. The van der Waals surface area contributed by atoms with Gasteiger partial charge in [0.25, 0.3) is 5.17 Å². The molecule has 0 bridgehead atoms. The SMILES string of the molecule is COC(=S)N[C@H](C(C)=O)C(C)(C)C. The Kier molecular flexibility index (Phi) is 4.33. The van der Waals surface area contributed by atoms with Gasteiger partial charge in [-0.3, -0.25) is 4.79 Å². The Balaban J connectivity index is 4.46. The number of hydrogen-bond donors (Lipinski definition) is 1. The average molecular weight is 203 g/mol. The molecule has 0 aromatic rings. The number of methoxy groups -OCH3 is 1. The monoisotopic (exact) mass is 203 g/mol. The molecule has 0 amide bonds. The Labute approximate surface area is 84.8 Å². The second-order valence-electron chi connectivity index (χ2n) is 4.05. The standard InChI is InChI=1S/C9H17NO2S/c1-6(11)7(9(2,3)4)10-8(13)12-5/h7H,1-5H3,(H,10,13)/t7-/m1/s1. The molecule has 4 heteroatoms. The first kappa shape index (κ1) is 12.4. The molecule has 0 saturated heterocycles. The van der Waals surface area contributed by atoms with E-state index in [0.29, 0.717) is 0 Å². The molecule has 0 aromatic carbocycles. The van der Waals surface area contributed by atoms with Crippen molar-refractivity contribution < 1.29 is 9.53 Å². The van der Waals surface area contributed by atoms with Gasteiger partial charge in [-0.15, -0.1) is 0 Å². The van der Waals surface area contributed by atoms with Crippen LogP contribution in [0.25, 0.3) is 0 Å². The van der Waals surface area contributed by atoms with Gasteiger partial charge in [0.05, 0.1) is 13.2 Å². The Morgan fingerprint density at radius 1 is 1.46 bits per heavy atom. The van der Waals surface area contributed by atoms with E-state index in [-0.39, 0.29) is 22.4 Å². The molecule has 0 heterocycles. The number of carbonyl (C=O) groups excluding carboxylic acids is 1. The molecule has 0 aromatic heterocycles. The van der Waals surface area contributed by atoms with Crippen LogP contribution in [-0.4, -0.2) is 24.1 Å². The van der Waals surface area contributed by atoms with Crippen molar-refractivity contribution in [3.63, 3.8) is 0 Å². The second-order valence-corrected chi connectivity index (χ2v) is 4.42. The van der Waals surface area contributed by atoms with Crippen LogP contribution in [0.4, 0.5) is 0 Å². The summed E-state index contributed by atoms with van der Waals surface area (Å²) in [5, 5.41) is 3.13. The van der Waals surface area contributed by atoms with Crippen molar-refractivity contribution in [2.75, 3.05) is 7.11 Å². The number of carbonyl (C=O) groups is 1. The lowest BCUT2D eigenvalue weighted by molar-refractivity contribution is -0.120. The van der Waals surface area contributed by atoms with Crippen LogP contribution >= 0.6 is 12.2 Å². The smallest absolute Gasteiger partial charge is 0.256 e. The lowest BCUT2D eigenvalue weighted by atomic mass is 9.85. The van der Waals surface area contributed by atoms with Gasteiger partial charge in [-0.25, -0.2) is 0 Å². The Hall–Kier alpha value is -0.640. The normalized spacial score (nSPS) is 13.3. The maximum absolute atomic E-state index is 11.3. The molecule has 1 N–H and O–H groups in total. The van der Waals surface area contributed by atoms with E-state index in [4.69, 9.17) is 17.0 Å². The quantitative estimate of drug-likeness (QED) is 0.690. The van der Waals surface area contributed by atoms with Gasteiger partial charge in [-0.1, -0.05) is 20.8 Å². The highest BCUT2D eigenvalue weighted by molar-refractivity contribution is 7.80. The van der Waals surface area contributed by atoms with Crippen LogP contribution in [0, 0.1) is 5.41 Å². The average Bonchev–Trinajstić information content (AvgIpc) is 1.96. The van der Waals surface area contributed by atoms with Crippen molar-refractivity contribution in [1.29, 1.82) is 0 Å². The van der Waals surface area contributed by atoms with Crippen LogP contribution in [0.2, 0.25) is 0 Å². The van der Waals surface area contributed by atoms with Gasteiger partial charge in [0.2, 0.25) is 0 Å². The highest BCUT2D eigenvalue weighted by Gasteiger charge is 2.29. The van der Waals surface area contributed by atoms with E-state index in [9.17, 15) is 4.79 Å². The second kappa shape index (κ2) is 4.56. The van der Waals surface area contributed by atoms with Crippen LogP contribution < -0.4 is 5.32 Å². The van der Waals surface area contributed by atoms with Gasteiger partial charge in [-0.05, 0) is 24.6 Å². The number of rotatable bonds is 2. The van der Waals surface area contributed by atoms with Crippen LogP contribution in [-0.2, 0) is 9.53 Å². The summed E-state index contributed by atoms with van der Waals surface area (Å²) in [6, 6.07) is -0.292. The predicted molar refractivity (Wildman–Crippen MR) is 56.7 cm³/mol. The third-order valence-electron chi connectivity index (χ3n) is 1.72. The lowest BCUT2D eigenvalue weighted by Gasteiger charge is -2.29. The minimum absolute atomic E-state index is 0.0619. The number of nitrogens with one attached hydrogen (secondary N) is 1. The van der Waals surface area contributed by atoms with E-state index in [2.05, 4.69) is 5.32 Å². The predicted octanol–water partition coefficient (Wildman–Crippen LogP) is 1.51. The first-order valence-corrected chi connectivity index (χ1v) is 4.54. The van der Waals surface area contributed by atoms with E-state index in [0.717, 1.165) is 0 Å². The molecule has 0 aliphatic rings. The summed E-state index contributed by atoms with van der Waals surface area (Å²) in [5.41, 5.74) is -0.158. The topological polar surface area (TPSA) is 38.3 Å². The first-order valence-electron chi connectivity index (χ1n) is 4.14. The molecule has 0 spiro atoms. The van der Waals surface area contributed by atoms with Gasteiger partial charge in [0, 0.05) is 0 Å². The summed E-state index contributed by atoms with van der Waals surface area (Å²) in [5.74, 6) is 0.0619. The number of Topliss-reactive ketones (excluding diaryl/α,β-unsaturated/α-hetero) is 1. The highest BCUT2D eigenvalue weighted by atomic mass is 32.1. The van der Waals surface area contributed by atoms with Crippen molar-refractivity contribution in [1.82, 2.24) is 5.32 Å². The fourth-order valence-corrected chi connectivity index (χ4v) is 1.22. The molecule has 0 fully saturated rings. The van der Waals surface area contributed by atoms with Crippen molar-refractivity contribution in [2.45, 2.75) is 33.7 Å². The van der Waals surface area contributed by atoms with Gasteiger partial charge >= 0.3 is 0 Å². The summed E-state index contributed by atoms with van der Waals surface area (Å²) >= 11 is 4.83. The molecule has 0 saturated carbocycles. The van der Waals surface area contributed by atoms with Gasteiger partial charge in [0.1, 0.15) is 0 Å². The van der Waals surface area contributed by atoms with Crippen LogP contribution in [0.5, 0.6) is 0 Å². The Morgan fingerprint density at radius 3 is 2.15 bits per heavy atom. The van der Waals surface area contributed by atoms with Crippen molar-refractivity contribution in [2.24, 2.45) is 5.41 Å². The maximum atomic E-state index is 11.3. The minimum atomic E-state index is -0.292.